The minimum atomic E-state index is 0.516. The highest BCUT2D eigenvalue weighted by molar-refractivity contribution is 5.88. The molecule has 20 heavy (non-hydrogen) atoms. The summed E-state index contributed by atoms with van der Waals surface area (Å²) >= 11 is 0. The van der Waals surface area contributed by atoms with Crippen LogP contribution >= 0.6 is 0 Å². The fourth-order valence-electron chi connectivity index (χ4n) is 2.25. The van der Waals surface area contributed by atoms with E-state index in [1.165, 1.54) is 17.5 Å². The third kappa shape index (κ3) is 2.40. The molecule has 3 aromatic rings. The predicted octanol–water partition coefficient (Wildman–Crippen LogP) is 2.81. The van der Waals surface area contributed by atoms with Crippen LogP contribution in [0.4, 0.5) is 5.82 Å². The Balaban J connectivity index is 1.96. The monoisotopic (exact) mass is 265 g/mol. The molecule has 0 radical (unpaired) electrons. The van der Waals surface area contributed by atoms with Gasteiger partial charge in [0.05, 0.1) is 12.6 Å². The zero-order valence-electron chi connectivity index (χ0n) is 11.2. The number of nitrogen functional groups attached to an aromatic ring is 1. The van der Waals surface area contributed by atoms with E-state index in [2.05, 4.69) is 22.1 Å². The fraction of sp³-hybridized carbons (Fsp3) is 0.125. The van der Waals surface area contributed by atoms with Crippen molar-refractivity contribution in [2.45, 2.75) is 6.42 Å². The summed E-state index contributed by atoms with van der Waals surface area (Å²) in [5.41, 5.74) is 9.13. The number of anilines is 1. The van der Waals surface area contributed by atoms with Crippen molar-refractivity contribution in [1.82, 2.24) is 9.97 Å². The van der Waals surface area contributed by atoms with Gasteiger partial charge in [0.15, 0.2) is 0 Å². The first-order chi connectivity index (χ1) is 9.76. The Kier molecular flexibility index (Phi) is 3.21. The molecule has 2 aromatic carbocycles. The molecule has 0 aliphatic rings. The second-order valence-corrected chi connectivity index (χ2v) is 4.64. The van der Waals surface area contributed by atoms with Crippen LogP contribution in [0.2, 0.25) is 0 Å². The first-order valence-electron chi connectivity index (χ1n) is 6.38. The summed E-state index contributed by atoms with van der Waals surface area (Å²) in [7, 11) is 1.67. The molecule has 0 atom stereocenters. The van der Waals surface area contributed by atoms with Crippen molar-refractivity contribution >= 4 is 16.7 Å². The Morgan fingerprint density at radius 2 is 1.90 bits per heavy atom. The van der Waals surface area contributed by atoms with Crippen LogP contribution in [-0.4, -0.2) is 17.1 Å². The van der Waals surface area contributed by atoms with Gasteiger partial charge in [-0.25, -0.2) is 9.97 Å². The maximum atomic E-state index is 5.89. The number of hydrogen-bond donors (Lipinski definition) is 1. The molecule has 4 heteroatoms. The Morgan fingerprint density at radius 1 is 1.05 bits per heavy atom. The average Bonchev–Trinajstić information content (AvgIpc) is 2.48. The van der Waals surface area contributed by atoms with Crippen molar-refractivity contribution in [2.75, 3.05) is 12.8 Å². The predicted molar refractivity (Wildman–Crippen MR) is 79.8 cm³/mol. The largest absolute Gasteiger partial charge is 0.497 e. The Labute approximate surface area is 117 Å². The molecule has 0 amide bonds. The summed E-state index contributed by atoms with van der Waals surface area (Å²) in [5, 5.41) is 0.896. The second-order valence-electron chi connectivity index (χ2n) is 4.64. The topological polar surface area (TPSA) is 61.0 Å². The minimum absolute atomic E-state index is 0.516. The minimum Gasteiger partial charge on any atom is -0.497 e. The molecular weight excluding hydrogens is 250 g/mol. The first kappa shape index (κ1) is 12.4. The average molecular weight is 265 g/mol. The number of benzene rings is 2. The molecule has 2 N–H and O–H groups in total. The van der Waals surface area contributed by atoms with Gasteiger partial charge >= 0.3 is 0 Å². The van der Waals surface area contributed by atoms with Crippen LogP contribution in [0.5, 0.6) is 5.75 Å². The second kappa shape index (κ2) is 5.17. The third-order valence-corrected chi connectivity index (χ3v) is 3.27. The van der Waals surface area contributed by atoms with E-state index in [1.807, 2.05) is 30.3 Å². The molecule has 0 spiro atoms. The number of nitrogens with two attached hydrogens (primary N) is 1. The van der Waals surface area contributed by atoms with Crippen LogP contribution < -0.4 is 10.5 Å². The van der Waals surface area contributed by atoms with E-state index >= 15 is 0 Å². The van der Waals surface area contributed by atoms with Crippen molar-refractivity contribution in [3.8, 4) is 5.75 Å². The Hall–Kier alpha value is -2.62. The van der Waals surface area contributed by atoms with Crippen LogP contribution in [0.15, 0.2) is 48.8 Å². The highest BCUT2D eigenvalue weighted by Crippen LogP contribution is 2.21. The number of methoxy groups -OCH3 is 1. The van der Waals surface area contributed by atoms with Crippen molar-refractivity contribution in [3.05, 3.63) is 59.9 Å². The van der Waals surface area contributed by atoms with Crippen molar-refractivity contribution in [3.63, 3.8) is 0 Å². The zero-order chi connectivity index (χ0) is 13.9. The van der Waals surface area contributed by atoms with Gasteiger partial charge in [0.1, 0.15) is 17.9 Å². The van der Waals surface area contributed by atoms with E-state index in [0.29, 0.717) is 5.82 Å². The van der Waals surface area contributed by atoms with Crippen LogP contribution in [0.1, 0.15) is 11.1 Å². The maximum Gasteiger partial charge on any atom is 0.134 e. The van der Waals surface area contributed by atoms with E-state index in [1.54, 1.807) is 7.11 Å². The van der Waals surface area contributed by atoms with E-state index < -0.39 is 0 Å². The zero-order valence-corrected chi connectivity index (χ0v) is 11.2. The summed E-state index contributed by atoms with van der Waals surface area (Å²) in [6.45, 7) is 0. The lowest BCUT2D eigenvalue weighted by molar-refractivity contribution is 0.414. The molecule has 0 fully saturated rings. The molecule has 0 saturated heterocycles. The lowest BCUT2D eigenvalue weighted by Crippen LogP contribution is -1.95. The van der Waals surface area contributed by atoms with Crippen LogP contribution in [0.25, 0.3) is 10.9 Å². The molecular formula is C16H15N3O. The van der Waals surface area contributed by atoms with Gasteiger partial charge in [-0.1, -0.05) is 18.2 Å². The van der Waals surface area contributed by atoms with Gasteiger partial charge in [-0.05, 0) is 41.8 Å². The quantitative estimate of drug-likeness (QED) is 0.791. The number of ether oxygens (including phenoxy) is 1. The third-order valence-electron chi connectivity index (χ3n) is 3.27. The summed E-state index contributed by atoms with van der Waals surface area (Å²) in [4.78, 5) is 8.24. The van der Waals surface area contributed by atoms with Gasteiger partial charge in [0.25, 0.3) is 0 Å². The maximum absolute atomic E-state index is 5.89. The van der Waals surface area contributed by atoms with Gasteiger partial charge in [0, 0.05) is 5.39 Å². The van der Waals surface area contributed by atoms with Gasteiger partial charge in [0.2, 0.25) is 0 Å². The van der Waals surface area contributed by atoms with Crippen LogP contribution in [0.3, 0.4) is 0 Å². The van der Waals surface area contributed by atoms with Gasteiger partial charge in [-0.2, -0.15) is 0 Å². The van der Waals surface area contributed by atoms with Crippen molar-refractivity contribution < 1.29 is 4.74 Å². The molecule has 100 valence electrons. The summed E-state index contributed by atoms with van der Waals surface area (Å²) < 4.78 is 5.24. The fourth-order valence-corrected chi connectivity index (χ4v) is 2.25. The van der Waals surface area contributed by atoms with Crippen molar-refractivity contribution in [1.29, 1.82) is 0 Å². The van der Waals surface area contributed by atoms with Crippen LogP contribution in [0, 0.1) is 0 Å². The molecule has 0 unspecified atom stereocenters. The van der Waals surface area contributed by atoms with E-state index in [-0.39, 0.29) is 0 Å². The van der Waals surface area contributed by atoms with E-state index in [9.17, 15) is 0 Å². The molecule has 1 heterocycles. The molecule has 4 nitrogen and oxygen atoms in total. The first-order valence-corrected chi connectivity index (χ1v) is 6.38. The van der Waals surface area contributed by atoms with Gasteiger partial charge in [-0.15, -0.1) is 0 Å². The lowest BCUT2D eigenvalue weighted by Gasteiger charge is -2.06. The van der Waals surface area contributed by atoms with E-state index in [0.717, 1.165) is 23.1 Å². The smallest absolute Gasteiger partial charge is 0.134 e. The van der Waals surface area contributed by atoms with Gasteiger partial charge in [-0.3, -0.25) is 0 Å². The molecule has 0 saturated carbocycles. The Bertz CT molecular complexity index is 756. The summed E-state index contributed by atoms with van der Waals surface area (Å²) in [5.74, 6) is 1.38. The van der Waals surface area contributed by atoms with E-state index in [4.69, 9.17) is 10.5 Å². The SMILES string of the molecule is COc1cccc(Cc2ccc3ncnc(N)c3c2)c1. The number of nitrogens with zero attached hydrogens (tertiary/aromatic N) is 2. The number of aromatic nitrogens is 2. The van der Waals surface area contributed by atoms with Crippen molar-refractivity contribution in [2.24, 2.45) is 0 Å². The number of hydrogen-bond acceptors (Lipinski definition) is 4. The molecule has 1 aromatic heterocycles. The molecule has 0 aliphatic carbocycles. The lowest BCUT2D eigenvalue weighted by atomic mass is 10.0. The molecule has 0 bridgehead atoms. The standard InChI is InChI=1S/C16H15N3O/c1-20-13-4-2-3-11(8-13)7-12-5-6-15-14(9-12)16(17)19-10-18-15/h2-6,8-10H,7H2,1H3,(H2,17,18,19). The molecule has 0 aliphatic heterocycles. The molecule has 3 rings (SSSR count). The number of rotatable bonds is 3. The highest BCUT2D eigenvalue weighted by atomic mass is 16.5. The Morgan fingerprint density at radius 3 is 2.75 bits per heavy atom. The highest BCUT2D eigenvalue weighted by Gasteiger charge is 2.03. The van der Waals surface area contributed by atoms with Crippen LogP contribution in [-0.2, 0) is 6.42 Å². The summed E-state index contributed by atoms with van der Waals surface area (Å²) in [6, 6.07) is 14.1. The summed E-state index contributed by atoms with van der Waals surface area (Å²) in [6.07, 6.45) is 2.31. The normalized spacial score (nSPS) is 10.7. The number of fused-ring (bicyclic) bond motifs is 1. The van der Waals surface area contributed by atoms with Gasteiger partial charge < -0.3 is 10.5 Å².